The molecule has 1 N–H and O–H groups in total. The summed E-state index contributed by atoms with van der Waals surface area (Å²) in [6.45, 7) is 0. The number of thiazole rings is 1. The molecule has 0 saturated heterocycles. The number of hydrogen-bond donors (Lipinski definition) is 1. The summed E-state index contributed by atoms with van der Waals surface area (Å²) < 4.78 is 4.30. The molecule has 9 heteroatoms. The van der Waals surface area contributed by atoms with Gasteiger partial charge in [0.15, 0.2) is 15.3 Å². The molecule has 46 heavy (non-hydrogen) atoms. The van der Waals surface area contributed by atoms with Gasteiger partial charge in [-0.15, -0.1) is 21.5 Å². The number of rotatable bonds is 11. The molecule has 0 radical (unpaired) electrons. The van der Waals surface area contributed by atoms with Crippen LogP contribution in [0.5, 0.6) is 0 Å². The first-order valence-corrected chi connectivity index (χ1v) is 17.6. The standard InChI is InChI=1S/C37H29N5OS3/c43-33(39-34(27-12-4-1-5-13-27)28-14-6-2-7-15-28)25-44-36-41-40-35(42(36)30-16-8-3-9-17-30)29-22-20-26(21-23-29)24-45-37-38-31-18-10-11-19-32(31)46-37/h1-23,34H,24-25H2,(H,39,43). The zero-order valence-electron chi connectivity index (χ0n) is 24.7. The molecule has 0 atom stereocenters. The minimum absolute atomic E-state index is 0.0816. The number of amides is 1. The van der Waals surface area contributed by atoms with Crippen molar-refractivity contribution < 1.29 is 4.79 Å². The first kappa shape index (κ1) is 30.0. The van der Waals surface area contributed by atoms with Crippen molar-refractivity contribution in [1.29, 1.82) is 0 Å². The van der Waals surface area contributed by atoms with Crippen LogP contribution in [0, 0.1) is 0 Å². The molecule has 2 heterocycles. The van der Waals surface area contributed by atoms with Gasteiger partial charge in [-0.2, -0.15) is 0 Å². The lowest BCUT2D eigenvalue weighted by molar-refractivity contribution is -0.119. The average Bonchev–Trinajstić information content (AvgIpc) is 3.74. The minimum Gasteiger partial charge on any atom is -0.344 e. The lowest BCUT2D eigenvalue weighted by Crippen LogP contribution is -2.30. The maximum atomic E-state index is 13.4. The van der Waals surface area contributed by atoms with Crippen LogP contribution >= 0.6 is 34.9 Å². The van der Waals surface area contributed by atoms with Crippen LogP contribution < -0.4 is 5.32 Å². The van der Waals surface area contributed by atoms with E-state index >= 15 is 0 Å². The molecule has 0 fully saturated rings. The quantitative estimate of drug-likeness (QED) is 0.140. The molecule has 1 amide bonds. The van der Waals surface area contributed by atoms with E-state index in [1.165, 1.54) is 22.0 Å². The molecule has 0 unspecified atom stereocenters. The lowest BCUT2D eigenvalue weighted by Gasteiger charge is -2.20. The molecule has 0 aliphatic heterocycles. The molecule has 0 bridgehead atoms. The first-order valence-electron chi connectivity index (χ1n) is 14.8. The highest BCUT2D eigenvalue weighted by atomic mass is 32.2. The van der Waals surface area contributed by atoms with Crippen molar-refractivity contribution in [3.8, 4) is 17.1 Å². The Morgan fingerprint density at radius 1 is 0.717 bits per heavy atom. The number of nitrogens with zero attached hydrogens (tertiary/aromatic N) is 4. The van der Waals surface area contributed by atoms with Gasteiger partial charge >= 0.3 is 0 Å². The van der Waals surface area contributed by atoms with E-state index < -0.39 is 0 Å². The second-order valence-electron chi connectivity index (χ2n) is 10.5. The van der Waals surface area contributed by atoms with Crippen LogP contribution in [0.4, 0.5) is 0 Å². The van der Waals surface area contributed by atoms with Gasteiger partial charge in [-0.3, -0.25) is 9.36 Å². The zero-order valence-corrected chi connectivity index (χ0v) is 27.1. The van der Waals surface area contributed by atoms with Gasteiger partial charge in [0.2, 0.25) is 5.91 Å². The number of carbonyl (C=O) groups is 1. The summed E-state index contributed by atoms with van der Waals surface area (Å²) in [6.07, 6.45) is 0. The molecular weight excluding hydrogens is 627 g/mol. The maximum Gasteiger partial charge on any atom is 0.231 e. The van der Waals surface area contributed by atoms with E-state index in [9.17, 15) is 4.79 Å². The van der Waals surface area contributed by atoms with E-state index in [4.69, 9.17) is 4.98 Å². The highest BCUT2D eigenvalue weighted by Crippen LogP contribution is 2.33. The number of fused-ring (bicyclic) bond motifs is 1. The smallest absolute Gasteiger partial charge is 0.231 e. The molecule has 2 aromatic heterocycles. The molecule has 0 spiro atoms. The van der Waals surface area contributed by atoms with Crippen molar-refractivity contribution in [2.45, 2.75) is 21.3 Å². The van der Waals surface area contributed by atoms with Gasteiger partial charge in [-0.05, 0) is 41.0 Å². The van der Waals surface area contributed by atoms with Gasteiger partial charge in [-0.1, -0.05) is 139 Å². The van der Waals surface area contributed by atoms with E-state index in [0.29, 0.717) is 5.16 Å². The van der Waals surface area contributed by atoms with E-state index in [1.807, 2.05) is 108 Å². The maximum absolute atomic E-state index is 13.4. The number of benzene rings is 5. The first-order chi connectivity index (χ1) is 22.7. The highest BCUT2D eigenvalue weighted by Gasteiger charge is 2.20. The number of carbonyl (C=O) groups excluding carboxylic acids is 1. The van der Waals surface area contributed by atoms with Gasteiger partial charge in [0.25, 0.3) is 0 Å². The van der Waals surface area contributed by atoms with Crippen LogP contribution in [-0.4, -0.2) is 31.4 Å². The third-order valence-electron chi connectivity index (χ3n) is 7.40. The van der Waals surface area contributed by atoms with Crippen molar-refractivity contribution in [1.82, 2.24) is 25.1 Å². The Morgan fingerprint density at radius 3 is 2.02 bits per heavy atom. The number of hydrogen-bond acceptors (Lipinski definition) is 7. The fourth-order valence-corrected chi connectivity index (χ4v) is 7.94. The van der Waals surface area contributed by atoms with Crippen molar-refractivity contribution >= 4 is 51.0 Å². The molecular formula is C37H29N5OS3. The van der Waals surface area contributed by atoms with Crippen molar-refractivity contribution in [3.63, 3.8) is 0 Å². The van der Waals surface area contributed by atoms with E-state index in [1.54, 1.807) is 23.1 Å². The van der Waals surface area contributed by atoms with Gasteiger partial charge in [0.1, 0.15) is 0 Å². The molecule has 0 aliphatic rings. The summed E-state index contributed by atoms with van der Waals surface area (Å²) in [5, 5.41) is 13.0. The van der Waals surface area contributed by atoms with Crippen molar-refractivity contribution in [3.05, 3.63) is 156 Å². The number of para-hydroxylation sites is 2. The second kappa shape index (κ2) is 14.2. The topological polar surface area (TPSA) is 72.7 Å². The fraction of sp³-hybridized carbons (Fsp3) is 0.0811. The summed E-state index contributed by atoms with van der Waals surface area (Å²) in [5.74, 6) is 1.67. The third kappa shape index (κ3) is 6.92. The number of nitrogens with one attached hydrogen (secondary N) is 1. The Balaban J connectivity index is 1.08. The Kier molecular flexibility index (Phi) is 9.23. The van der Waals surface area contributed by atoms with Gasteiger partial charge in [0, 0.05) is 17.0 Å². The predicted molar refractivity (Wildman–Crippen MR) is 190 cm³/mol. The highest BCUT2D eigenvalue weighted by molar-refractivity contribution is 8.00. The van der Waals surface area contributed by atoms with E-state index in [-0.39, 0.29) is 17.7 Å². The number of thioether (sulfide) groups is 2. The normalized spacial score (nSPS) is 11.2. The predicted octanol–water partition coefficient (Wildman–Crippen LogP) is 8.83. The SMILES string of the molecule is O=C(CSc1nnc(-c2ccc(CSc3nc4ccccc4s3)cc2)n1-c1ccccc1)NC(c1ccccc1)c1ccccc1. The molecule has 7 rings (SSSR count). The van der Waals surface area contributed by atoms with Crippen LogP contribution in [0.25, 0.3) is 27.3 Å². The molecule has 0 aliphatic carbocycles. The Hall–Kier alpha value is -4.70. The Bertz CT molecular complexity index is 1970. The van der Waals surface area contributed by atoms with Crippen molar-refractivity contribution in [2.24, 2.45) is 0 Å². The van der Waals surface area contributed by atoms with Crippen LogP contribution in [0.3, 0.4) is 0 Å². The summed E-state index contributed by atoms with van der Waals surface area (Å²) >= 11 is 4.85. The Morgan fingerprint density at radius 2 is 1.35 bits per heavy atom. The largest absolute Gasteiger partial charge is 0.344 e. The molecule has 6 nitrogen and oxygen atoms in total. The Labute approximate surface area is 280 Å². The number of aromatic nitrogens is 4. The third-order valence-corrected chi connectivity index (χ3v) is 10.6. The average molecular weight is 656 g/mol. The summed E-state index contributed by atoms with van der Waals surface area (Å²) in [5.41, 5.74) is 6.20. The van der Waals surface area contributed by atoms with Crippen LogP contribution in [0.2, 0.25) is 0 Å². The van der Waals surface area contributed by atoms with Crippen LogP contribution in [0.1, 0.15) is 22.7 Å². The van der Waals surface area contributed by atoms with E-state index in [2.05, 4.69) is 51.9 Å². The van der Waals surface area contributed by atoms with Gasteiger partial charge in [-0.25, -0.2) is 4.98 Å². The monoisotopic (exact) mass is 655 g/mol. The lowest BCUT2D eigenvalue weighted by atomic mass is 9.99. The van der Waals surface area contributed by atoms with Gasteiger partial charge in [0.05, 0.1) is 22.0 Å². The summed E-state index contributed by atoms with van der Waals surface area (Å²) in [6, 6.07) is 46.5. The molecule has 226 valence electrons. The van der Waals surface area contributed by atoms with Crippen LogP contribution in [-0.2, 0) is 10.5 Å². The van der Waals surface area contributed by atoms with Crippen LogP contribution in [0.15, 0.2) is 149 Å². The molecule has 5 aromatic carbocycles. The van der Waals surface area contributed by atoms with E-state index in [0.717, 1.165) is 43.8 Å². The van der Waals surface area contributed by atoms with Crippen molar-refractivity contribution in [2.75, 3.05) is 5.75 Å². The zero-order chi connectivity index (χ0) is 31.1. The fourth-order valence-electron chi connectivity index (χ4n) is 5.15. The summed E-state index contributed by atoms with van der Waals surface area (Å²) in [7, 11) is 0. The molecule has 7 aromatic rings. The minimum atomic E-state index is -0.246. The second-order valence-corrected chi connectivity index (χ2v) is 13.7. The summed E-state index contributed by atoms with van der Waals surface area (Å²) in [4.78, 5) is 18.1. The van der Waals surface area contributed by atoms with Gasteiger partial charge < -0.3 is 5.32 Å². The molecule has 0 saturated carbocycles.